The maximum absolute atomic E-state index is 7.39. The number of nitrogens with zero attached hydrogens (tertiary/aromatic N) is 1. The zero-order chi connectivity index (χ0) is 9.97. The van der Waals surface area contributed by atoms with Crippen LogP contribution >= 0.6 is 0 Å². The quantitative estimate of drug-likeness (QED) is 0.474. The monoisotopic (exact) mass is 190 g/mol. The topological polar surface area (TPSA) is 74.4 Å². The average molecular weight is 190 g/mol. The minimum absolute atomic E-state index is 0.0119. The zero-order valence-corrected chi connectivity index (χ0v) is 7.40. The molecule has 0 bridgehead atoms. The Morgan fingerprint density at radius 3 is 2.86 bits per heavy atom. The molecule has 1 aliphatic heterocycles. The van der Waals surface area contributed by atoms with Crippen molar-refractivity contribution in [3.63, 3.8) is 0 Å². The number of anilines is 1. The van der Waals surface area contributed by atoms with Gasteiger partial charge in [0.05, 0.1) is 6.20 Å². The lowest BCUT2D eigenvalue weighted by Crippen LogP contribution is -2.30. The van der Waals surface area contributed by atoms with Crippen LogP contribution in [0.3, 0.4) is 0 Å². The van der Waals surface area contributed by atoms with Gasteiger partial charge in [-0.1, -0.05) is 12.1 Å². The number of nitrogen functional groups attached to an aromatic ring is 1. The summed E-state index contributed by atoms with van der Waals surface area (Å²) in [6, 6.07) is 7.26. The van der Waals surface area contributed by atoms with Gasteiger partial charge in [-0.15, -0.1) is 5.17 Å². The van der Waals surface area contributed by atoms with Crippen LogP contribution in [0.1, 0.15) is 5.56 Å². The van der Waals surface area contributed by atoms with Crippen LogP contribution in [0.4, 0.5) is 5.69 Å². The van der Waals surface area contributed by atoms with Gasteiger partial charge < -0.3 is 10.6 Å². The van der Waals surface area contributed by atoms with Gasteiger partial charge in [-0.05, 0) is 12.1 Å². The molecule has 1 aliphatic rings. The predicted octanol–water partition coefficient (Wildman–Crippen LogP) is 0.698. The molecular weight excluding hydrogens is 180 g/mol. The molecule has 0 aliphatic carbocycles. The fourth-order valence-corrected chi connectivity index (χ4v) is 1.22. The Morgan fingerprint density at radius 1 is 1.43 bits per heavy atom. The molecule has 0 aromatic heterocycles. The summed E-state index contributed by atoms with van der Waals surface area (Å²) >= 11 is 0. The van der Waals surface area contributed by atoms with E-state index < -0.39 is 0 Å². The Balaban J connectivity index is 2.36. The highest BCUT2D eigenvalue weighted by molar-refractivity contribution is 6.00. The van der Waals surface area contributed by atoms with E-state index in [1.54, 1.807) is 12.3 Å². The highest BCUT2D eigenvalue weighted by atomic mass is 16.7. The zero-order valence-electron chi connectivity index (χ0n) is 7.40. The first-order valence-electron chi connectivity index (χ1n) is 4.10. The maximum Gasteiger partial charge on any atom is 0.139 e. The van der Waals surface area contributed by atoms with Crippen molar-refractivity contribution in [2.45, 2.75) is 0 Å². The lowest BCUT2D eigenvalue weighted by molar-refractivity contribution is 0.221. The fraction of sp³-hybridized carbons (Fsp3) is 0. The molecule has 0 spiro atoms. The largest absolute Gasteiger partial charge is 0.384 e. The Morgan fingerprint density at radius 2 is 2.21 bits per heavy atom. The number of benzene rings is 1. The smallest absolute Gasteiger partial charge is 0.139 e. The van der Waals surface area contributed by atoms with E-state index in [2.05, 4.69) is 5.43 Å². The van der Waals surface area contributed by atoms with E-state index in [4.69, 9.17) is 16.0 Å². The standard InChI is InChI=1S/C9H10N4O/c10-9(11)7-3-1-2-4-8(7)13-12-5-6-14-13/h1-6,12H,(H3,10,11). The van der Waals surface area contributed by atoms with E-state index in [1.807, 2.05) is 18.2 Å². The van der Waals surface area contributed by atoms with Gasteiger partial charge in [0.25, 0.3) is 0 Å². The van der Waals surface area contributed by atoms with Crippen LogP contribution in [-0.4, -0.2) is 5.84 Å². The number of nitrogens with one attached hydrogen (secondary N) is 2. The molecule has 1 aromatic rings. The summed E-state index contributed by atoms with van der Waals surface area (Å²) in [5.41, 5.74) is 9.62. The summed E-state index contributed by atoms with van der Waals surface area (Å²) in [4.78, 5) is 5.12. The lowest BCUT2D eigenvalue weighted by atomic mass is 10.1. The molecule has 0 saturated carbocycles. The fourth-order valence-electron chi connectivity index (χ4n) is 1.22. The van der Waals surface area contributed by atoms with E-state index in [9.17, 15) is 0 Å². The SMILES string of the molecule is N=C(N)c1ccccc1N1NC=CO1. The third kappa shape index (κ3) is 1.35. The molecule has 0 saturated heterocycles. The van der Waals surface area contributed by atoms with Gasteiger partial charge in [-0.2, -0.15) is 0 Å². The molecule has 1 aromatic carbocycles. The molecule has 14 heavy (non-hydrogen) atoms. The highest BCUT2D eigenvalue weighted by Gasteiger charge is 2.14. The summed E-state index contributed by atoms with van der Waals surface area (Å²) in [5.74, 6) is 0.0119. The summed E-state index contributed by atoms with van der Waals surface area (Å²) in [5, 5.41) is 8.83. The second-order valence-electron chi connectivity index (χ2n) is 2.76. The summed E-state index contributed by atoms with van der Waals surface area (Å²) < 4.78 is 0. The van der Waals surface area contributed by atoms with E-state index >= 15 is 0 Å². The number of hydrogen-bond donors (Lipinski definition) is 3. The summed E-state index contributed by atoms with van der Waals surface area (Å²) in [6.07, 6.45) is 3.16. The predicted molar refractivity (Wildman–Crippen MR) is 53.3 cm³/mol. The van der Waals surface area contributed by atoms with Crippen LogP contribution in [0.5, 0.6) is 0 Å². The number of para-hydroxylation sites is 1. The van der Waals surface area contributed by atoms with Crippen LogP contribution in [0.25, 0.3) is 0 Å². The Kier molecular flexibility index (Phi) is 1.98. The minimum Gasteiger partial charge on any atom is -0.384 e. The van der Waals surface area contributed by atoms with Crippen LogP contribution < -0.4 is 16.3 Å². The van der Waals surface area contributed by atoms with Gasteiger partial charge in [0.15, 0.2) is 0 Å². The molecule has 0 atom stereocenters. The molecule has 4 N–H and O–H groups in total. The molecule has 0 unspecified atom stereocenters. The van der Waals surface area contributed by atoms with Crippen LogP contribution in [0, 0.1) is 5.41 Å². The summed E-state index contributed by atoms with van der Waals surface area (Å²) in [7, 11) is 0. The first kappa shape index (κ1) is 8.43. The van der Waals surface area contributed by atoms with Gasteiger partial charge in [0, 0.05) is 5.56 Å². The van der Waals surface area contributed by atoms with Crippen molar-refractivity contribution in [2.75, 3.05) is 5.17 Å². The van der Waals surface area contributed by atoms with Crippen LogP contribution in [0.2, 0.25) is 0 Å². The first-order chi connectivity index (χ1) is 6.79. The van der Waals surface area contributed by atoms with Gasteiger partial charge in [-0.3, -0.25) is 10.8 Å². The Bertz CT molecular complexity index is 380. The number of rotatable bonds is 2. The average Bonchev–Trinajstić information content (AvgIpc) is 2.70. The summed E-state index contributed by atoms with van der Waals surface area (Å²) in [6.45, 7) is 0. The maximum atomic E-state index is 7.39. The van der Waals surface area contributed by atoms with Crippen LogP contribution in [-0.2, 0) is 4.84 Å². The normalized spacial score (nSPS) is 13.6. The Hall–Kier alpha value is -2.17. The molecule has 2 rings (SSSR count). The van der Waals surface area contributed by atoms with Crippen molar-refractivity contribution in [1.82, 2.24) is 5.43 Å². The third-order valence-corrected chi connectivity index (χ3v) is 1.84. The van der Waals surface area contributed by atoms with Gasteiger partial charge >= 0.3 is 0 Å². The number of hydrogen-bond acceptors (Lipinski definition) is 4. The van der Waals surface area contributed by atoms with Crippen LogP contribution in [0.15, 0.2) is 36.7 Å². The van der Waals surface area contributed by atoms with Crippen molar-refractivity contribution < 1.29 is 4.84 Å². The van der Waals surface area contributed by atoms with E-state index in [0.29, 0.717) is 11.3 Å². The molecule has 0 fully saturated rings. The van der Waals surface area contributed by atoms with Crippen molar-refractivity contribution in [3.8, 4) is 0 Å². The minimum atomic E-state index is 0.0119. The van der Waals surface area contributed by atoms with Gasteiger partial charge in [0.1, 0.15) is 17.8 Å². The van der Waals surface area contributed by atoms with E-state index in [0.717, 1.165) is 0 Å². The van der Waals surface area contributed by atoms with Crippen molar-refractivity contribution in [3.05, 3.63) is 42.3 Å². The number of amidine groups is 1. The molecule has 0 radical (unpaired) electrons. The molecular formula is C9H10N4O. The van der Waals surface area contributed by atoms with Crippen molar-refractivity contribution >= 4 is 11.5 Å². The number of hydrazine groups is 1. The third-order valence-electron chi connectivity index (χ3n) is 1.84. The second-order valence-corrected chi connectivity index (χ2v) is 2.76. The number of nitrogens with two attached hydrogens (primary N) is 1. The lowest BCUT2D eigenvalue weighted by Gasteiger charge is -2.18. The molecule has 0 amide bonds. The first-order valence-corrected chi connectivity index (χ1v) is 4.10. The second kappa shape index (κ2) is 3.29. The molecule has 72 valence electrons. The molecule has 1 heterocycles. The molecule has 5 nitrogen and oxygen atoms in total. The Labute approximate surface area is 81.2 Å². The highest BCUT2D eigenvalue weighted by Crippen LogP contribution is 2.20. The van der Waals surface area contributed by atoms with Crippen molar-refractivity contribution in [1.29, 1.82) is 5.41 Å². The van der Waals surface area contributed by atoms with E-state index in [1.165, 1.54) is 11.4 Å². The molecule has 5 heteroatoms. The van der Waals surface area contributed by atoms with Gasteiger partial charge in [-0.25, -0.2) is 0 Å². The van der Waals surface area contributed by atoms with Crippen molar-refractivity contribution in [2.24, 2.45) is 5.73 Å². The van der Waals surface area contributed by atoms with E-state index in [-0.39, 0.29) is 5.84 Å². The van der Waals surface area contributed by atoms with Gasteiger partial charge in [0.2, 0.25) is 0 Å².